The topological polar surface area (TPSA) is 43.6 Å². The Morgan fingerprint density at radius 3 is 1.43 bits per heavy atom. The van der Waals surface area contributed by atoms with Gasteiger partial charge in [0.25, 0.3) is 0 Å². The number of nitrogens with zero attached hydrogens (tertiary/aromatic N) is 4. The minimum absolute atomic E-state index is 0.635. The molecular weight excluding hydrogens is 597 g/mol. The molecule has 49 heavy (non-hydrogen) atoms. The monoisotopic (exact) mass is 626 g/mol. The van der Waals surface area contributed by atoms with Crippen LogP contribution in [0.25, 0.3) is 83.9 Å². The highest BCUT2D eigenvalue weighted by atomic mass is 15.0. The molecule has 7 aromatic carbocycles. The third-order valence-corrected chi connectivity index (χ3v) is 9.06. The number of hydrogen-bond acceptors (Lipinski definition) is 3. The van der Waals surface area contributed by atoms with E-state index in [2.05, 4.69) is 174 Å². The standard InChI is InChI=1S/C45H30N4/c1-4-13-31(14-5-1)33-23-25-34(26-24-33)43-46-44(36-18-12-17-35(29-36)32-15-6-2-7-16-32)48-45(47-43)37-27-28-42-40(30-37)39-21-10-11-22-41(39)49(42)38-19-8-3-9-20-38/h1-30H. The van der Waals surface area contributed by atoms with Gasteiger partial charge in [-0.15, -0.1) is 0 Å². The fourth-order valence-electron chi connectivity index (χ4n) is 6.64. The van der Waals surface area contributed by atoms with Crippen LogP contribution in [0.1, 0.15) is 0 Å². The molecule has 0 aliphatic carbocycles. The molecule has 0 bridgehead atoms. The van der Waals surface area contributed by atoms with Gasteiger partial charge in [0.1, 0.15) is 0 Å². The van der Waals surface area contributed by atoms with Crippen LogP contribution < -0.4 is 0 Å². The molecule has 4 nitrogen and oxygen atoms in total. The van der Waals surface area contributed by atoms with Crippen molar-refractivity contribution in [1.82, 2.24) is 19.5 Å². The molecule has 0 atom stereocenters. The molecule has 2 aromatic heterocycles. The first-order valence-corrected chi connectivity index (χ1v) is 16.5. The molecule has 0 saturated carbocycles. The maximum absolute atomic E-state index is 5.12. The summed E-state index contributed by atoms with van der Waals surface area (Å²) in [6.45, 7) is 0. The zero-order chi connectivity index (χ0) is 32.6. The molecule has 0 unspecified atom stereocenters. The summed E-state index contributed by atoms with van der Waals surface area (Å²) >= 11 is 0. The highest BCUT2D eigenvalue weighted by molar-refractivity contribution is 6.10. The quantitative estimate of drug-likeness (QED) is 0.184. The highest BCUT2D eigenvalue weighted by Gasteiger charge is 2.17. The predicted molar refractivity (Wildman–Crippen MR) is 201 cm³/mol. The first-order valence-electron chi connectivity index (χ1n) is 16.5. The minimum atomic E-state index is 0.635. The molecule has 2 heterocycles. The second-order valence-electron chi connectivity index (χ2n) is 12.1. The molecule has 0 aliphatic heterocycles. The molecular formula is C45H30N4. The summed E-state index contributed by atoms with van der Waals surface area (Å²) in [5.74, 6) is 1.91. The first-order chi connectivity index (χ1) is 24.3. The smallest absolute Gasteiger partial charge is 0.164 e. The van der Waals surface area contributed by atoms with Crippen LogP contribution in [-0.2, 0) is 0 Å². The van der Waals surface area contributed by atoms with Gasteiger partial charge in [0.2, 0.25) is 0 Å². The minimum Gasteiger partial charge on any atom is -0.309 e. The average Bonchev–Trinajstić information content (AvgIpc) is 3.52. The average molecular weight is 627 g/mol. The number of hydrogen-bond donors (Lipinski definition) is 0. The Bertz CT molecular complexity index is 2570. The fourth-order valence-corrected chi connectivity index (χ4v) is 6.64. The second-order valence-corrected chi connectivity index (χ2v) is 12.1. The largest absolute Gasteiger partial charge is 0.309 e. The van der Waals surface area contributed by atoms with Crippen LogP contribution in [0.5, 0.6) is 0 Å². The molecule has 230 valence electrons. The van der Waals surface area contributed by atoms with Crippen LogP contribution in [0, 0.1) is 0 Å². The van der Waals surface area contributed by atoms with Crippen LogP contribution in [0.15, 0.2) is 182 Å². The SMILES string of the molecule is c1ccc(-c2ccc(-c3nc(-c4cccc(-c5ccccc5)c4)nc(-c4ccc5c(c4)c4ccccc4n5-c4ccccc4)n3)cc2)cc1. The molecule has 0 amide bonds. The Morgan fingerprint density at radius 2 is 0.735 bits per heavy atom. The lowest BCUT2D eigenvalue weighted by molar-refractivity contribution is 1.07. The van der Waals surface area contributed by atoms with E-state index >= 15 is 0 Å². The number of benzene rings is 7. The molecule has 0 spiro atoms. The normalized spacial score (nSPS) is 11.3. The number of fused-ring (bicyclic) bond motifs is 3. The van der Waals surface area contributed by atoms with Crippen molar-refractivity contribution < 1.29 is 0 Å². The van der Waals surface area contributed by atoms with Crippen LogP contribution >= 0.6 is 0 Å². The lowest BCUT2D eigenvalue weighted by atomic mass is 10.0. The Balaban J connectivity index is 1.21. The third-order valence-electron chi connectivity index (χ3n) is 9.06. The van der Waals surface area contributed by atoms with Crippen molar-refractivity contribution in [3.05, 3.63) is 182 Å². The van der Waals surface area contributed by atoms with Gasteiger partial charge in [-0.05, 0) is 64.7 Å². The van der Waals surface area contributed by atoms with E-state index in [1.807, 2.05) is 12.1 Å². The lowest BCUT2D eigenvalue weighted by Gasteiger charge is -2.11. The Labute approximate surface area is 284 Å². The summed E-state index contributed by atoms with van der Waals surface area (Å²) in [5.41, 5.74) is 10.8. The molecule has 9 aromatic rings. The fraction of sp³-hybridized carbons (Fsp3) is 0. The number of rotatable bonds is 6. The van der Waals surface area contributed by atoms with Crippen LogP contribution in [0.2, 0.25) is 0 Å². The maximum Gasteiger partial charge on any atom is 0.164 e. The van der Waals surface area contributed by atoms with E-state index in [0.717, 1.165) is 55.5 Å². The summed E-state index contributed by atoms with van der Waals surface area (Å²) < 4.78 is 2.32. The molecule has 9 rings (SSSR count). The Kier molecular flexibility index (Phi) is 7.10. The second kappa shape index (κ2) is 12.2. The van der Waals surface area contributed by atoms with E-state index in [4.69, 9.17) is 15.0 Å². The van der Waals surface area contributed by atoms with Gasteiger partial charge in [0, 0.05) is 33.2 Å². The van der Waals surface area contributed by atoms with Crippen LogP contribution in [0.3, 0.4) is 0 Å². The summed E-state index contributed by atoms with van der Waals surface area (Å²) in [6, 6.07) is 63.3. The van der Waals surface area contributed by atoms with Crippen molar-refractivity contribution in [2.75, 3.05) is 0 Å². The van der Waals surface area contributed by atoms with Gasteiger partial charge >= 0.3 is 0 Å². The van der Waals surface area contributed by atoms with E-state index in [-0.39, 0.29) is 0 Å². The summed E-state index contributed by atoms with van der Waals surface area (Å²) in [6.07, 6.45) is 0. The molecule has 0 saturated heterocycles. The van der Waals surface area contributed by atoms with Crippen molar-refractivity contribution >= 4 is 21.8 Å². The van der Waals surface area contributed by atoms with Gasteiger partial charge in [0.15, 0.2) is 17.5 Å². The van der Waals surface area contributed by atoms with Gasteiger partial charge in [-0.25, -0.2) is 15.0 Å². The molecule has 0 radical (unpaired) electrons. The van der Waals surface area contributed by atoms with E-state index in [1.165, 1.54) is 10.9 Å². The molecule has 0 N–H and O–H groups in total. The van der Waals surface area contributed by atoms with Crippen molar-refractivity contribution in [3.63, 3.8) is 0 Å². The zero-order valence-electron chi connectivity index (χ0n) is 26.6. The van der Waals surface area contributed by atoms with Gasteiger partial charge in [-0.3, -0.25) is 0 Å². The van der Waals surface area contributed by atoms with Gasteiger partial charge in [0.05, 0.1) is 11.0 Å². The van der Waals surface area contributed by atoms with Gasteiger partial charge in [-0.2, -0.15) is 0 Å². The van der Waals surface area contributed by atoms with Crippen molar-refractivity contribution in [3.8, 4) is 62.1 Å². The summed E-state index contributed by atoms with van der Waals surface area (Å²) in [7, 11) is 0. The maximum atomic E-state index is 5.12. The first kappa shape index (κ1) is 28.6. The van der Waals surface area contributed by atoms with Gasteiger partial charge < -0.3 is 4.57 Å². The third kappa shape index (κ3) is 5.35. The Morgan fingerprint density at radius 1 is 0.286 bits per heavy atom. The van der Waals surface area contributed by atoms with Crippen LogP contribution in [0.4, 0.5) is 0 Å². The lowest BCUT2D eigenvalue weighted by Crippen LogP contribution is -2.00. The highest BCUT2D eigenvalue weighted by Crippen LogP contribution is 2.35. The molecule has 0 fully saturated rings. The molecule has 0 aliphatic rings. The summed E-state index contributed by atoms with van der Waals surface area (Å²) in [5, 5.41) is 2.34. The van der Waals surface area contributed by atoms with Crippen molar-refractivity contribution in [2.24, 2.45) is 0 Å². The van der Waals surface area contributed by atoms with E-state index < -0.39 is 0 Å². The Hall–Kier alpha value is -6.65. The van der Waals surface area contributed by atoms with Crippen molar-refractivity contribution in [1.29, 1.82) is 0 Å². The van der Waals surface area contributed by atoms with E-state index in [0.29, 0.717) is 17.5 Å². The predicted octanol–water partition coefficient (Wildman–Crippen LogP) is 11.3. The number of para-hydroxylation sites is 2. The van der Waals surface area contributed by atoms with Gasteiger partial charge in [-0.1, -0.05) is 140 Å². The van der Waals surface area contributed by atoms with Crippen molar-refractivity contribution in [2.45, 2.75) is 0 Å². The zero-order valence-corrected chi connectivity index (χ0v) is 26.6. The molecule has 4 heteroatoms. The van der Waals surface area contributed by atoms with Crippen LogP contribution in [-0.4, -0.2) is 19.5 Å². The van der Waals surface area contributed by atoms with E-state index in [1.54, 1.807) is 0 Å². The number of aromatic nitrogens is 4. The summed E-state index contributed by atoms with van der Waals surface area (Å²) in [4.78, 5) is 15.3. The van der Waals surface area contributed by atoms with E-state index in [9.17, 15) is 0 Å².